The molecule has 4 nitrogen and oxygen atoms in total. The Morgan fingerprint density at radius 3 is 2.88 bits per heavy atom. The summed E-state index contributed by atoms with van der Waals surface area (Å²) in [5, 5.41) is 10.2. The minimum Gasteiger partial charge on any atom is -0.464 e. The van der Waals surface area contributed by atoms with E-state index in [0.29, 0.717) is 0 Å². The quantitative estimate of drug-likeness (QED) is 0.811. The second kappa shape index (κ2) is 4.99. The van der Waals surface area contributed by atoms with E-state index in [-0.39, 0.29) is 6.04 Å². The first-order chi connectivity index (χ1) is 7.85. The van der Waals surface area contributed by atoms with Gasteiger partial charge in [-0.3, -0.25) is 5.10 Å². The third kappa shape index (κ3) is 2.17. The van der Waals surface area contributed by atoms with Gasteiger partial charge in [0.2, 0.25) is 0 Å². The van der Waals surface area contributed by atoms with E-state index < -0.39 is 0 Å². The zero-order chi connectivity index (χ0) is 11.4. The smallest absolute Gasteiger partial charge is 0.125 e. The fraction of sp³-hybridized carbons (Fsp3) is 0.417. The molecule has 0 aromatic carbocycles. The molecule has 1 unspecified atom stereocenters. The van der Waals surface area contributed by atoms with E-state index in [2.05, 4.69) is 29.4 Å². The molecule has 16 heavy (non-hydrogen) atoms. The molecular weight excluding hydrogens is 202 g/mol. The normalized spacial score (nSPS) is 12.9. The van der Waals surface area contributed by atoms with E-state index in [1.807, 2.05) is 24.5 Å². The molecule has 0 fully saturated rings. The van der Waals surface area contributed by atoms with E-state index in [1.165, 1.54) is 0 Å². The zero-order valence-electron chi connectivity index (χ0n) is 9.66. The average molecular weight is 219 g/mol. The van der Waals surface area contributed by atoms with Crippen LogP contribution in [0, 0.1) is 0 Å². The molecule has 2 heterocycles. The van der Waals surface area contributed by atoms with Gasteiger partial charge in [-0.1, -0.05) is 13.8 Å². The highest BCUT2D eigenvalue weighted by Gasteiger charge is 2.17. The Morgan fingerprint density at radius 1 is 1.44 bits per heavy atom. The highest BCUT2D eigenvalue weighted by atomic mass is 16.3. The standard InChI is InChI=1S/C12H17N3O/c1-3-10-5-6-11(16-10)12(13-4-2)9-7-14-15-8-9/h5-8,12-13H,3-4H2,1-2H3,(H,14,15). The van der Waals surface area contributed by atoms with Crippen LogP contribution in [0.3, 0.4) is 0 Å². The molecule has 0 aliphatic rings. The molecular formula is C12H17N3O. The number of nitrogens with zero attached hydrogens (tertiary/aromatic N) is 1. The summed E-state index contributed by atoms with van der Waals surface area (Å²) in [6.07, 6.45) is 4.63. The maximum atomic E-state index is 5.77. The van der Waals surface area contributed by atoms with E-state index >= 15 is 0 Å². The Bertz CT molecular complexity index is 419. The van der Waals surface area contributed by atoms with Gasteiger partial charge in [-0.05, 0) is 18.7 Å². The molecule has 4 heteroatoms. The minimum absolute atomic E-state index is 0.0871. The molecule has 0 aliphatic carbocycles. The first-order valence-electron chi connectivity index (χ1n) is 5.65. The number of nitrogens with one attached hydrogen (secondary N) is 2. The van der Waals surface area contributed by atoms with Crippen molar-refractivity contribution in [3.63, 3.8) is 0 Å². The number of furan rings is 1. The highest BCUT2D eigenvalue weighted by molar-refractivity contribution is 5.23. The van der Waals surface area contributed by atoms with Crippen molar-refractivity contribution in [3.8, 4) is 0 Å². The van der Waals surface area contributed by atoms with Gasteiger partial charge in [-0.2, -0.15) is 5.10 Å². The molecule has 2 N–H and O–H groups in total. The number of aromatic amines is 1. The number of aromatic nitrogens is 2. The van der Waals surface area contributed by atoms with Crippen molar-refractivity contribution in [3.05, 3.63) is 41.6 Å². The minimum atomic E-state index is 0.0871. The van der Waals surface area contributed by atoms with E-state index in [0.717, 1.165) is 30.0 Å². The van der Waals surface area contributed by atoms with Gasteiger partial charge < -0.3 is 9.73 Å². The van der Waals surface area contributed by atoms with Crippen molar-refractivity contribution >= 4 is 0 Å². The molecule has 0 spiro atoms. The lowest BCUT2D eigenvalue weighted by Crippen LogP contribution is -2.21. The molecule has 2 aromatic heterocycles. The summed E-state index contributed by atoms with van der Waals surface area (Å²) in [7, 11) is 0. The fourth-order valence-electron chi connectivity index (χ4n) is 1.75. The van der Waals surface area contributed by atoms with Crippen molar-refractivity contribution in [2.24, 2.45) is 0 Å². The number of hydrogen-bond donors (Lipinski definition) is 2. The van der Waals surface area contributed by atoms with Gasteiger partial charge in [-0.15, -0.1) is 0 Å². The van der Waals surface area contributed by atoms with Gasteiger partial charge >= 0.3 is 0 Å². The van der Waals surface area contributed by atoms with Gasteiger partial charge in [0, 0.05) is 18.2 Å². The van der Waals surface area contributed by atoms with Crippen LogP contribution in [0.15, 0.2) is 28.9 Å². The second-order valence-electron chi connectivity index (χ2n) is 3.68. The molecule has 1 atom stereocenters. The molecule has 2 rings (SSSR count). The molecule has 0 radical (unpaired) electrons. The summed E-state index contributed by atoms with van der Waals surface area (Å²) in [4.78, 5) is 0. The Balaban J connectivity index is 2.25. The molecule has 0 bridgehead atoms. The van der Waals surface area contributed by atoms with Crippen LogP contribution in [0.4, 0.5) is 0 Å². The van der Waals surface area contributed by atoms with Crippen molar-refractivity contribution in [1.29, 1.82) is 0 Å². The molecule has 0 aliphatic heterocycles. The van der Waals surface area contributed by atoms with Crippen LogP contribution in [0.5, 0.6) is 0 Å². The summed E-state index contributed by atoms with van der Waals surface area (Å²) in [5.74, 6) is 1.96. The van der Waals surface area contributed by atoms with Crippen LogP contribution >= 0.6 is 0 Å². The first kappa shape index (κ1) is 11.0. The highest BCUT2D eigenvalue weighted by Crippen LogP contribution is 2.23. The third-order valence-electron chi connectivity index (χ3n) is 2.58. The van der Waals surface area contributed by atoms with E-state index in [1.54, 1.807) is 0 Å². The number of aryl methyl sites for hydroxylation is 1. The molecule has 86 valence electrons. The van der Waals surface area contributed by atoms with Crippen LogP contribution < -0.4 is 5.32 Å². The lowest BCUT2D eigenvalue weighted by atomic mass is 10.1. The monoisotopic (exact) mass is 219 g/mol. The SMILES string of the molecule is CCNC(c1cn[nH]c1)c1ccc(CC)o1. The van der Waals surface area contributed by atoms with Crippen molar-refractivity contribution < 1.29 is 4.42 Å². The molecule has 2 aromatic rings. The Morgan fingerprint density at radius 2 is 2.31 bits per heavy atom. The number of H-pyrrole nitrogens is 1. The molecule has 0 saturated heterocycles. The predicted molar refractivity (Wildman–Crippen MR) is 62.2 cm³/mol. The van der Waals surface area contributed by atoms with Crippen molar-refractivity contribution in [2.75, 3.05) is 6.54 Å². The fourth-order valence-corrected chi connectivity index (χ4v) is 1.75. The maximum absolute atomic E-state index is 5.77. The van der Waals surface area contributed by atoms with Crippen molar-refractivity contribution in [2.45, 2.75) is 26.3 Å². The van der Waals surface area contributed by atoms with Crippen LogP contribution in [0.1, 0.15) is 37.0 Å². The average Bonchev–Trinajstić information content (AvgIpc) is 2.97. The number of hydrogen-bond acceptors (Lipinski definition) is 3. The van der Waals surface area contributed by atoms with Gasteiger partial charge in [0.1, 0.15) is 11.5 Å². The summed E-state index contributed by atoms with van der Waals surface area (Å²) >= 11 is 0. The van der Waals surface area contributed by atoms with Crippen molar-refractivity contribution in [1.82, 2.24) is 15.5 Å². The predicted octanol–water partition coefficient (Wildman–Crippen LogP) is 2.26. The second-order valence-corrected chi connectivity index (χ2v) is 3.68. The largest absolute Gasteiger partial charge is 0.464 e. The summed E-state index contributed by atoms with van der Waals surface area (Å²) < 4.78 is 5.77. The first-order valence-corrected chi connectivity index (χ1v) is 5.65. The van der Waals surface area contributed by atoms with Crippen LogP contribution in [-0.2, 0) is 6.42 Å². The third-order valence-corrected chi connectivity index (χ3v) is 2.58. The summed E-state index contributed by atoms with van der Waals surface area (Å²) in [6, 6.07) is 4.14. The van der Waals surface area contributed by atoms with Crippen LogP contribution in [-0.4, -0.2) is 16.7 Å². The van der Waals surface area contributed by atoms with Gasteiger partial charge in [0.05, 0.1) is 12.2 Å². The van der Waals surface area contributed by atoms with Gasteiger partial charge in [0.25, 0.3) is 0 Å². The maximum Gasteiger partial charge on any atom is 0.125 e. The summed E-state index contributed by atoms with van der Waals surface area (Å²) in [6.45, 7) is 5.05. The van der Waals surface area contributed by atoms with E-state index in [4.69, 9.17) is 4.42 Å². The number of rotatable bonds is 5. The Kier molecular flexibility index (Phi) is 3.41. The van der Waals surface area contributed by atoms with Gasteiger partial charge in [0.15, 0.2) is 0 Å². The zero-order valence-corrected chi connectivity index (χ0v) is 9.66. The Hall–Kier alpha value is -1.55. The lowest BCUT2D eigenvalue weighted by Gasteiger charge is -2.13. The Labute approximate surface area is 95.1 Å². The van der Waals surface area contributed by atoms with E-state index in [9.17, 15) is 0 Å². The molecule has 0 saturated carbocycles. The van der Waals surface area contributed by atoms with Crippen LogP contribution in [0.2, 0.25) is 0 Å². The van der Waals surface area contributed by atoms with Crippen LogP contribution in [0.25, 0.3) is 0 Å². The van der Waals surface area contributed by atoms with Gasteiger partial charge in [-0.25, -0.2) is 0 Å². The summed E-state index contributed by atoms with van der Waals surface area (Å²) in [5.41, 5.74) is 1.10. The lowest BCUT2D eigenvalue weighted by molar-refractivity contribution is 0.426. The molecule has 0 amide bonds. The topological polar surface area (TPSA) is 53.9 Å².